The molecule has 192 valence electrons. The summed E-state index contributed by atoms with van der Waals surface area (Å²) in [6.07, 6.45) is 6.91. The van der Waals surface area contributed by atoms with Gasteiger partial charge < -0.3 is 30.7 Å². The summed E-state index contributed by atoms with van der Waals surface area (Å²) in [6, 6.07) is 5.36. The molecule has 11 nitrogen and oxygen atoms in total. The van der Waals surface area contributed by atoms with Crippen molar-refractivity contribution in [1.29, 1.82) is 0 Å². The number of hydrogen-bond donors (Lipinski definition) is 2. The molecule has 0 aliphatic carbocycles. The number of piperidine rings is 1. The number of aryl methyl sites for hydroxylation is 1. The van der Waals surface area contributed by atoms with E-state index in [1.165, 1.54) is 24.2 Å². The van der Waals surface area contributed by atoms with E-state index < -0.39 is 5.41 Å². The number of aromatic amines is 1. The van der Waals surface area contributed by atoms with Crippen molar-refractivity contribution in [2.45, 2.75) is 26.2 Å². The predicted molar refractivity (Wildman–Crippen MR) is 140 cm³/mol. The minimum Gasteiger partial charge on any atom is -0.810 e. The van der Waals surface area contributed by atoms with Crippen LogP contribution in [0.5, 0.6) is 5.75 Å². The number of hydrogen-bond acceptors (Lipinski definition) is 6. The first-order chi connectivity index (χ1) is 17.8. The third-order valence-electron chi connectivity index (χ3n) is 7.71. The topological polar surface area (TPSA) is 148 Å². The van der Waals surface area contributed by atoms with Crippen molar-refractivity contribution in [1.82, 2.24) is 19.5 Å². The van der Waals surface area contributed by atoms with Gasteiger partial charge in [0, 0.05) is 49.3 Å². The van der Waals surface area contributed by atoms with Crippen molar-refractivity contribution >= 4 is 34.8 Å². The predicted octanol–water partition coefficient (Wildman–Crippen LogP) is 1.94. The second-order valence-electron chi connectivity index (χ2n) is 9.49. The Morgan fingerprint density at radius 2 is 1.92 bits per heavy atom. The highest BCUT2D eigenvalue weighted by molar-refractivity contribution is 6.12. The number of amides is 2. The summed E-state index contributed by atoms with van der Waals surface area (Å²) >= 11 is 0. The molecule has 0 saturated carbocycles. The lowest BCUT2D eigenvalue weighted by atomic mass is 9.77. The molecule has 2 amide bonds. The van der Waals surface area contributed by atoms with E-state index in [1.807, 2.05) is 6.07 Å². The number of allylic oxidation sites excluding steroid dienone is 1. The van der Waals surface area contributed by atoms with Gasteiger partial charge in [0.2, 0.25) is 5.91 Å². The van der Waals surface area contributed by atoms with E-state index in [0.717, 1.165) is 6.21 Å². The summed E-state index contributed by atoms with van der Waals surface area (Å²) in [5.41, 5.74) is 7.91. The summed E-state index contributed by atoms with van der Waals surface area (Å²) in [5.74, 6) is 0.376. The molecule has 5 rings (SSSR count). The van der Waals surface area contributed by atoms with Crippen LogP contribution in [-0.2, 0) is 4.79 Å². The molecule has 0 atom stereocenters. The Bertz CT molecular complexity index is 1490. The smallest absolute Gasteiger partial charge is 0.275 e. The molecule has 11 heteroatoms. The fraction of sp³-hybridized carbons (Fsp3) is 0.346. The molecule has 3 aromatic rings. The molecule has 0 bridgehead atoms. The number of benzene rings is 1. The summed E-state index contributed by atoms with van der Waals surface area (Å²) in [4.78, 5) is 45.2. The molecular weight excluding hydrogens is 474 g/mol. The van der Waals surface area contributed by atoms with Crippen molar-refractivity contribution in [3.63, 3.8) is 0 Å². The fourth-order valence-corrected chi connectivity index (χ4v) is 5.51. The molecule has 37 heavy (non-hydrogen) atoms. The van der Waals surface area contributed by atoms with Crippen LogP contribution in [0.4, 0.5) is 5.69 Å². The van der Waals surface area contributed by atoms with E-state index in [0.29, 0.717) is 78.1 Å². The molecule has 1 spiro atoms. The number of H-pyrrole nitrogens is 1. The van der Waals surface area contributed by atoms with E-state index in [2.05, 4.69) is 10.1 Å². The number of fused-ring (bicyclic) bond motifs is 1. The lowest BCUT2D eigenvalue weighted by molar-refractivity contribution is -0.127. The van der Waals surface area contributed by atoms with Gasteiger partial charge in [-0.05, 0) is 49.5 Å². The molecule has 0 unspecified atom stereocenters. The van der Waals surface area contributed by atoms with Gasteiger partial charge in [-0.25, -0.2) is 4.52 Å². The van der Waals surface area contributed by atoms with Gasteiger partial charge in [0.15, 0.2) is 0 Å². The number of likely N-dealkylation sites (tertiary alicyclic amines) is 1. The monoisotopic (exact) mass is 502 g/mol. The number of carbonyl (C=O) groups excluding carboxylic acids is 2. The Labute approximate surface area is 213 Å². The number of nitrogens with one attached hydrogen (secondary N) is 1. The van der Waals surface area contributed by atoms with Gasteiger partial charge >= 0.3 is 0 Å². The molecule has 2 aliphatic rings. The maximum atomic E-state index is 13.6. The Hall–Kier alpha value is -4.41. The quantitative estimate of drug-likeness (QED) is 0.510. The van der Waals surface area contributed by atoms with Crippen molar-refractivity contribution in [2.24, 2.45) is 11.1 Å². The molecule has 2 aliphatic heterocycles. The van der Waals surface area contributed by atoms with Gasteiger partial charge in [-0.2, -0.15) is 11.3 Å². The van der Waals surface area contributed by atoms with E-state index in [4.69, 9.17) is 10.5 Å². The molecule has 2 aromatic heterocycles. The number of carbonyl (C=O) groups is 2. The Kier molecular flexibility index (Phi) is 6.06. The molecular formula is C26H28N7O4-. The van der Waals surface area contributed by atoms with E-state index >= 15 is 0 Å². The highest BCUT2D eigenvalue weighted by Gasteiger charge is 2.49. The summed E-state index contributed by atoms with van der Waals surface area (Å²) < 4.78 is 6.91. The van der Waals surface area contributed by atoms with Crippen molar-refractivity contribution < 1.29 is 14.3 Å². The fourth-order valence-electron chi connectivity index (χ4n) is 5.51. The maximum Gasteiger partial charge on any atom is 0.275 e. The standard InChI is InChI=1S/C26H28N7O4/c1-16-20(14-33-22(16)23(34)29-15-30-33)24(35)31-8-5-26(6-9-31)7-10-32(25(26)36)18-3-4-19(17(12-27)13-28)21(11-18)37-2/h3-4,11-15H,5-10,27H2,1-2H3,(H,29,30,34)/q-1/b17-12+. The van der Waals surface area contributed by atoms with Crippen molar-refractivity contribution in [3.05, 3.63) is 69.4 Å². The number of aromatic nitrogens is 3. The van der Waals surface area contributed by atoms with Gasteiger partial charge in [0.05, 0.1) is 18.1 Å². The zero-order chi connectivity index (χ0) is 26.3. The van der Waals surface area contributed by atoms with Gasteiger partial charge in [0.25, 0.3) is 11.5 Å². The van der Waals surface area contributed by atoms with E-state index in [1.54, 1.807) is 35.1 Å². The zero-order valence-electron chi connectivity index (χ0n) is 20.7. The number of methoxy groups -OCH3 is 1. The van der Waals surface area contributed by atoms with Crippen LogP contribution in [-0.4, -0.2) is 64.3 Å². The SMILES string of the molecule is COc1cc(N2CCC3(CCN(C(=O)c4cn5nc[nH]c(=O)c5c4C)CC3)C2=O)ccc1/C(C=[N-])=C/N. The number of nitrogens with two attached hydrogens (primary N) is 1. The average Bonchev–Trinajstić information content (AvgIpc) is 3.42. The van der Waals surface area contributed by atoms with Gasteiger partial charge in [-0.3, -0.25) is 14.4 Å². The van der Waals surface area contributed by atoms with Crippen LogP contribution in [0.3, 0.4) is 0 Å². The van der Waals surface area contributed by atoms with Gasteiger partial charge in [0.1, 0.15) is 17.6 Å². The second-order valence-corrected chi connectivity index (χ2v) is 9.49. The van der Waals surface area contributed by atoms with Crippen LogP contribution in [0, 0.1) is 12.3 Å². The Morgan fingerprint density at radius 1 is 1.19 bits per heavy atom. The highest BCUT2D eigenvalue weighted by atomic mass is 16.5. The average molecular weight is 503 g/mol. The van der Waals surface area contributed by atoms with Gasteiger partial charge in [-0.15, -0.1) is 0 Å². The molecule has 2 saturated heterocycles. The van der Waals surface area contributed by atoms with E-state index in [-0.39, 0.29) is 17.4 Å². The summed E-state index contributed by atoms with van der Waals surface area (Å²) in [6.45, 7) is 3.22. The van der Waals surface area contributed by atoms with Crippen molar-refractivity contribution in [3.8, 4) is 5.75 Å². The minimum atomic E-state index is -0.525. The third kappa shape index (κ3) is 3.87. The van der Waals surface area contributed by atoms with Crippen LogP contribution in [0.1, 0.15) is 40.7 Å². The first kappa shape index (κ1) is 24.3. The molecule has 3 N–H and O–H groups in total. The van der Waals surface area contributed by atoms with Crippen LogP contribution in [0.25, 0.3) is 16.5 Å². The summed E-state index contributed by atoms with van der Waals surface area (Å²) in [7, 11) is 1.52. The molecule has 1 aromatic carbocycles. The number of anilines is 1. The Morgan fingerprint density at radius 3 is 2.57 bits per heavy atom. The summed E-state index contributed by atoms with van der Waals surface area (Å²) in [5, 5.41) is 13.5. The minimum absolute atomic E-state index is 0.0410. The van der Waals surface area contributed by atoms with Gasteiger partial charge in [-0.1, -0.05) is 0 Å². The third-order valence-corrected chi connectivity index (χ3v) is 7.71. The highest BCUT2D eigenvalue weighted by Crippen LogP contribution is 2.44. The lowest BCUT2D eigenvalue weighted by Gasteiger charge is -2.38. The van der Waals surface area contributed by atoms with Crippen LogP contribution in [0.2, 0.25) is 0 Å². The maximum absolute atomic E-state index is 13.6. The van der Waals surface area contributed by atoms with E-state index in [9.17, 15) is 19.8 Å². The zero-order valence-corrected chi connectivity index (χ0v) is 20.7. The number of nitrogens with zero attached hydrogens (tertiary/aromatic N) is 5. The normalized spacial score (nSPS) is 17.6. The Balaban J connectivity index is 1.32. The largest absolute Gasteiger partial charge is 0.810 e. The van der Waals surface area contributed by atoms with Crippen LogP contribution >= 0.6 is 0 Å². The van der Waals surface area contributed by atoms with Crippen LogP contribution in [0.15, 0.2) is 41.7 Å². The lowest BCUT2D eigenvalue weighted by Crippen LogP contribution is -2.46. The molecule has 0 radical (unpaired) electrons. The van der Waals surface area contributed by atoms with Crippen LogP contribution < -0.4 is 20.9 Å². The first-order valence-corrected chi connectivity index (χ1v) is 12.1. The molecule has 4 heterocycles. The van der Waals surface area contributed by atoms with Crippen molar-refractivity contribution in [2.75, 3.05) is 31.6 Å². The second kappa shape index (κ2) is 9.23. The first-order valence-electron chi connectivity index (χ1n) is 12.1. The molecule has 2 fully saturated rings. The number of rotatable bonds is 5. The number of ether oxygens (including phenoxy) is 1.